The first kappa shape index (κ1) is 35.4. The van der Waals surface area contributed by atoms with Crippen LogP contribution >= 0.6 is 0 Å². The molecule has 0 saturated heterocycles. The normalized spacial score (nSPS) is 12.6. The van der Waals surface area contributed by atoms with E-state index in [2.05, 4.69) is 34.9 Å². The smallest absolute Gasteiger partial charge is 0.0857 e. The van der Waals surface area contributed by atoms with E-state index >= 15 is 0 Å². The van der Waals surface area contributed by atoms with Gasteiger partial charge in [-0.2, -0.15) is 0 Å². The summed E-state index contributed by atoms with van der Waals surface area (Å²) < 4.78 is 1.23. The average molecular weight is 488 g/mol. The van der Waals surface area contributed by atoms with Crippen LogP contribution in [-0.4, -0.2) is 31.2 Å². The van der Waals surface area contributed by atoms with E-state index in [1.807, 2.05) is 0 Å². The highest BCUT2D eigenvalue weighted by molar-refractivity contribution is 4.55. The van der Waals surface area contributed by atoms with E-state index in [0.29, 0.717) is 0 Å². The fourth-order valence-corrected chi connectivity index (χ4v) is 5.03. The fraction of sp³-hybridized carbons (Fsp3) is 1.00. The van der Waals surface area contributed by atoms with E-state index in [-0.39, 0.29) is 12.4 Å². The first-order chi connectivity index (χ1) is 15.5. The molecule has 0 spiro atoms. The van der Waals surface area contributed by atoms with Crippen LogP contribution in [0.3, 0.4) is 0 Å². The van der Waals surface area contributed by atoms with Crippen LogP contribution in [0.2, 0.25) is 0 Å². The van der Waals surface area contributed by atoms with Crippen molar-refractivity contribution in [3.8, 4) is 0 Å². The molecule has 1 unspecified atom stereocenters. The number of hydrogen-bond donors (Lipinski definition) is 0. The van der Waals surface area contributed by atoms with Crippen molar-refractivity contribution in [2.24, 2.45) is 0 Å². The molecule has 0 aromatic heterocycles. The minimum Gasteiger partial charge on any atom is -1.00 e. The molecule has 0 saturated carbocycles. The first-order valence-corrected chi connectivity index (χ1v) is 15.4. The lowest BCUT2D eigenvalue weighted by atomic mass is 10.0. The molecule has 0 aromatic carbocycles. The molecule has 0 radical (unpaired) electrons. The monoisotopic (exact) mass is 487 g/mol. The summed E-state index contributed by atoms with van der Waals surface area (Å²) in [5.41, 5.74) is 0. The summed E-state index contributed by atoms with van der Waals surface area (Å²) in [6.07, 6.45) is 34.9. The molecule has 0 aliphatic rings. The number of quaternary nitrogens is 1. The van der Waals surface area contributed by atoms with E-state index in [9.17, 15) is 0 Å². The second-order valence-corrected chi connectivity index (χ2v) is 11.6. The zero-order valence-electron chi connectivity index (χ0n) is 24.1. The molecule has 33 heavy (non-hydrogen) atoms. The highest BCUT2D eigenvalue weighted by Gasteiger charge is 2.22. The minimum absolute atomic E-state index is 0. The van der Waals surface area contributed by atoms with Gasteiger partial charge in [-0.25, -0.2) is 0 Å². The Kier molecular flexibility index (Phi) is 28.8. The highest BCUT2D eigenvalue weighted by Crippen LogP contribution is 2.18. The van der Waals surface area contributed by atoms with Gasteiger partial charge in [0.1, 0.15) is 0 Å². The molecule has 1 atom stereocenters. The summed E-state index contributed by atoms with van der Waals surface area (Å²) in [7, 11) is 4.94. The van der Waals surface area contributed by atoms with Gasteiger partial charge in [0, 0.05) is 0 Å². The van der Waals surface area contributed by atoms with E-state index in [1.54, 1.807) is 0 Å². The van der Waals surface area contributed by atoms with Crippen molar-refractivity contribution in [3.05, 3.63) is 0 Å². The summed E-state index contributed by atoms with van der Waals surface area (Å²) in [6, 6.07) is 0.821. The Labute approximate surface area is 218 Å². The van der Waals surface area contributed by atoms with Gasteiger partial charge in [0.25, 0.3) is 0 Å². The molecule has 0 bridgehead atoms. The Balaban J connectivity index is 0. The lowest BCUT2D eigenvalue weighted by Gasteiger charge is -2.36. The topological polar surface area (TPSA) is 0 Å². The molecule has 0 aromatic rings. The zero-order chi connectivity index (χ0) is 23.8. The van der Waals surface area contributed by atoms with Crippen molar-refractivity contribution in [2.75, 3.05) is 20.6 Å². The third-order valence-corrected chi connectivity index (χ3v) is 8.01. The molecule has 0 aliphatic heterocycles. The summed E-state index contributed by atoms with van der Waals surface area (Å²) in [6.45, 7) is 8.48. The minimum atomic E-state index is 0. The number of hydrogen-bond acceptors (Lipinski definition) is 0. The van der Waals surface area contributed by atoms with Crippen LogP contribution < -0.4 is 12.4 Å². The number of nitrogens with zero attached hydrogens (tertiary/aromatic N) is 1. The molecule has 0 aliphatic carbocycles. The Morgan fingerprint density at radius 1 is 0.424 bits per heavy atom. The Morgan fingerprint density at radius 2 is 0.697 bits per heavy atom. The maximum absolute atomic E-state index is 2.49. The van der Waals surface area contributed by atoms with Gasteiger partial charge < -0.3 is 16.9 Å². The lowest BCUT2D eigenvalue weighted by molar-refractivity contribution is -0.913. The average Bonchev–Trinajstić information content (AvgIpc) is 2.78. The van der Waals surface area contributed by atoms with Crippen LogP contribution in [0.5, 0.6) is 0 Å². The second kappa shape index (κ2) is 26.8. The summed E-state index contributed by atoms with van der Waals surface area (Å²) in [5.74, 6) is 0. The quantitative estimate of drug-likeness (QED) is 0.0859. The number of unbranched alkanes of at least 4 members (excludes halogenated alkanes) is 21. The van der Waals surface area contributed by atoms with Crippen LogP contribution in [0.15, 0.2) is 0 Å². The Morgan fingerprint density at radius 3 is 1.03 bits per heavy atom. The lowest BCUT2D eigenvalue weighted by Crippen LogP contribution is -3.00. The Hall–Kier alpha value is 0.250. The van der Waals surface area contributed by atoms with Crippen molar-refractivity contribution < 1.29 is 16.9 Å². The predicted molar refractivity (Wildman–Crippen MR) is 149 cm³/mol. The van der Waals surface area contributed by atoms with Crippen LogP contribution in [0, 0.1) is 0 Å². The third-order valence-electron chi connectivity index (χ3n) is 8.01. The largest absolute Gasteiger partial charge is 1.00 e. The molecule has 2 heteroatoms. The maximum atomic E-state index is 2.49. The second-order valence-electron chi connectivity index (χ2n) is 11.6. The van der Waals surface area contributed by atoms with E-state index in [1.165, 1.54) is 165 Å². The summed E-state index contributed by atoms with van der Waals surface area (Å²) in [5, 5.41) is 0. The zero-order valence-corrected chi connectivity index (χ0v) is 24.8. The predicted octanol–water partition coefficient (Wildman–Crippen LogP) is 7.86. The van der Waals surface area contributed by atoms with Gasteiger partial charge in [-0.1, -0.05) is 142 Å². The van der Waals surface area contributed by atoms with Gasteiger partial charge in [-0.3, -0.25) is 0 Å². The fourth-order valence-electron chi connectivity index (χ4n) is 5.03. The van der Waals surface area contributed by atoms with Gasteiger partial charge in [0.2, 0.25) is 0 Å². The first-order valence-electron chi connectivity index (χ1n) is 15.4. The number of rotatable bonds is 26. The van der Waals surface area contributed by atoms with Crippen LogP contribution in [0.4, 0.5) is 0 Å². The summed E-state index contributed by atoms with van der Waals surface area (Å²) >= 11 is 0. The third kappa shape index (κ3) is 25.2. The SMILES string of the molecule is CCCCCCCCCCCCCCCCC[N+](C)(C)C(C)CCCCCCCCCC.[Cl-]. The highest BCUT2D eigenvalue weighted by atomic mass is 35.5. The number of halogens is 1. The van der Waals surface area contributed by atoms with Crippen molar-refractivity contribution in [2.45, 2.75) is 181 Å². The van der Waals surface area contributed by atoms with Gasteiger partial charge in [-0.05, 0) is 32.6 Å². The van der Waals surface area contributed by atoms with Crippen LogP contribution in [-0.2, 0) is 0 Å². The molecular weight excluding hydrogens is 422 g/mol. The van der Waals surface area contributed by atoms with E-state index in [4.69, 9.17) is 0 Å². The molecule has 202 valence electrons. The van der Waals surface area contributed by atoms with Gasteiger partial charge in [-0.15, -0.1) is 0 Å². The molecule has 0 amide bonds. The molecular formula is C31H66ClN. The summed E-state index contributed by atoms with van der Waals surface area (Å²) in [4.78, 5) is 0. The molecule has 0 N–H and O–H groups in total. The van der Waals surface area contributed by atoms with E-state index < -0.39 is 0 Å². The van der Waals surface area contributed by atoms with Crippen LogP contribution in [0.1, 0.15) is 175 Å². The van der Waals surface area contributed by atoms with Crippen molar-refractivity contribution in [3.63, 3.8) is 0 Å². The van der Waals surface area contributed by atoms with Gasteiger partial charge >= 0.3 is 0 Å². The van der Waals surface area contributed by atoms with Crippen molar-refractivity contribution >= 4 is 0 Å². The molecule has 0 rings (SSSR count). The molecule has 0 heterocycles. The van der Waals surface area contributed by atoms with Gasteiger partial charge in [0.15, 0.2) is 0 Å². The molecule has 0 fully saturated rings. The van der Waals surface area contributed by atoms with Crippen molar-refractivity contribution in [1.29, 1.82) is 0 Å². The Bertz CT molecular complexity index is 355. The van der Waals surface area contributed by atoms with Gasteiger partial charge in [0.05, 0.1) is 26.7 Å². The van der Waals surface area contributed by atoms with Crippen LogP contribution in [0.25, 0.3) is 0 Å². The van der Waals surface area contributed by atoms with Crippen molar-refractivity contribution in [1.82, 2.24) is 0 Å². The van der Waals surface area contributed by atoms with E-state index in [0.717, 1.165) is 6.04 Å². The maximum Gasteiger partial charge on any atom is 0.0857 e. The molecule has 1 nitrogen and oxygen atoms in total. The standard InChI is InChI=1S/C31H66N.ClH/c1-6-8-10-12-14-16-17-18-19-20-21-22-24-26-28-30-32(4,5)31(3)29-27-25-23-15-13-11-9-7-2;/h31H,6-30H2,1-5H3;1H/q+1;/p-1.